The molecule has 0 bridgehead atoms. The van der Waals surface area contributed by atoms with Crippen LogP contribution in [0.15, 0.2) is 60.9 Å². The third-order valence-corrected chi connectivity index (χ3v) is 4.93. The van der Waals surface area contributed by atoms with Crippen LogP contribution in [-0.2, 0) is 0 Å². The Balaban J connectivity index is 1.55. The highest BCUT2D eigenvalue weighted by molar-refractivity contribution is 5.93. The third kappa shape index (κ3) is 3.67. The van der Waals surface area contributed by atoms with E-state index in [1.54, 1.807) is 6.07 Å². The number of fused-ring (bicyclic) bond motifs is 1. The highest BCUT2D eigenvalue weighted by Gasteiger charge is 2.22. The lowest BCUT2D eigenvalue weighted by atomic mass is 9.91. The molecule has 6 heteroatoms. The summed E-state index contributed by atoms with van der Waals surface area (Å²) >= 11 is 0. The van der Waals surface area contributed by atoms with Crippen molar-refractivity contribution in [1.29, 1.82) is 0 Å². The third-order valence-electron chi connectivity index (χ3n) is 4.93. The average molecular weight is 378 g/mol. The Labute approximate surface area is 161 Å². The summed E-state index contributed by atoms with van der Waals surface area (Å²) in [6, 6.07) is 13.8. The molecule has 0 amide bonds. The molecule has 1 unspecified atom stereocenters. The lowest BCUT2D eigenvalue weighted by Gasteiger charge is -2.27. The maximum Gasteiger partial charge on any atom is 0.337 e. The van der Waals surface area contributed by atoms with Crippen molar-refractivity contribution in [1.82, 2.24) is 4.98 Å². The fourth-order valence-corrected chi connectivity index (χ4v) is 3.48. The second-order valence-electron chi connectivity index (χ2n) is 6.70. The van der Waals surface area contributed by atoms with Crippen LogP contribution in [0.5, 0.6) is 5.75 Å². The molecule has 4 rings (SSSR count). The predicted molar refractivity (Wildman–Crippen MR) is 104 cm³/mol. The molecule has 0 fully saturated rings. The zero-order valence-corrected chi connectivity index (χ0v) is 15.1. The number of nitrogens with one attached hydrogen (secondary N) is 1. The molecule has 1 aliphatic heterocycles. The first kappa shape index (κ1) is 18.0. The molecule has 5 nitrogen and oxygen atoms in total. The Kier molecular flexibility index (Phi) is 4.93. The first-order valence-electron chi connectivity index (χ1n) is 9.05. The van der Waals surface area contributed by atoms with E-state index in [4.69, 9.17) is 4.74 Å². The largest absolute Gasteiger partial charge is 0.493 e. The zero-order chi connectivity index (χ0) is 19.5. The summed E-state index contributed by atoms with van der Waals surface area (Å²) in [5, 5.41) is 12.5. The number of carbonyl (C=O) groups is 1. The molecule has 2 N–H and O–H groups in total. The number of anilines is 1. The lowest BCUT2D eigenvalue weighted by Crippen LogP contribution is -2.21. The molecule has 0 spiro atoms. The van der Waals surface area contributed by atoms with Crippen LogP contribution < -0.4 is 10.1 Å². The summed E-state index contributed by atoms with van der Waals surface area (Å²) < 4.78 is 19.4. The van der Waals surface area contributed by atoms with Crippen LogP contribution in [0.3, 0.4) is 0 Å². The van der Waals surface area contributed by atoms with Crippen LogP contribution in [0.4, 0.5) is 10.1 Å². The number of aromatic carboxylic acids is 1. The zero-order valence-electron chi connectivity index (χ0n) is 15.1. The van der Waals surface area contributed by atoms with Gasteiger partial charge in [-0.05, 0) is 47.4 Å². The van der Waals surface area contributed by atoms with Gasteiger partial charge in [-0.15, -0.1) is 0 Å². The summed E-state index contributed by atoms with van der Waals surface area (Å²) in [6.07, 6.45) is 3.81. The summed E-state index contributed by atoms with van der Waals surface area (Å²) in [5.41, 5.74) is 3.45. The van der Waals surface area contributed by atoms with Gasteiger partial charge in [-0.25, -0.2) is 9.18 Å². The molecular formula is C22H19FN2O3. The molecule has 0 saturated carbocycles. The monoisotopic (exact) mass is 378 g/mol. The number of nitrogens with zero attached hydrogens (tertiary/aromatic N) is 1. The maximum absolute atomic E-state index is 13.5. The van der Waals surface area contributed by atoms with E-state index in [0.29, 0.717) is 18.8 Å². The number of aromatic nitrogens is 1. The summed E-state index contributed by atoms with van der Waals surface area (Å²) in [5.74, 6) is -0.308. The minimum absolute atomic E-state index is 0.173. The number of hydrogen-bond acceptors (Lipinski definition) is 4. The predicted octanol–water partition coefficient (Wildman–Crippen LogP) is 4.56. The van der Waals surface area contributed by atoms with Gasteiger partial charge in [0.2, 0.25) is 0 Å². The Morgan fingerprint density at radius 3 is 2.89 bits per heavy atom. The highest BCUT2D eigenvalue weighted by atomic mass is 19.1. The molecule has 28 heavy (non-hydrogen) atoms. The van der Waals surface area contributed by atoms with Crippen molar-refractivity contribution in [2.24, 2.45) is 0 Å². The quantitative estimate of drug-likeness (QED) is 0.681. The fraction of sp³-hybridized carbons (Fsp3) is 0.182. The molecule has 3 aromatic rings. The standard InChI is InChI=1S/C22H19FN2O3/c23-17-3-1-2-14(10-17)15-4-5-18-16(7-9-28-21(18)11-15)12-25-20-13-24-8-6-19(20)22(26)27/h1-6,8,10-11,13,16,25H,7,9,12H2,(H,26,27). The fourth-order valence-electron chi connectivity index (χ4n) is 3.48. The van der Waals surface area contributed by atoms with Crippen LogP contribution in [0.1, 0.15) is 28.3 Å². The minimum atomic E-state index is -0.989. The highest BCUT2D eigenvalue weighted by Crippen LogP contribution is 2.37. The average Bonchev–Trinajstić information content (AvgIpc) is 2.72. The second kappa shape index (κ2) is 7.68. The minimum Gasteiger partial charge on any atom is -0.493 e. The van der Waals surface area contributed by atoms with Gasteiger partial charge < -0.3 is 15.2 Å². The molecule has 0 saturated heterocycles. The van der Waals surface area contributed by atoms with E-state index in [2.05, 4.69) is 10.3 Å². The number of benzene rings is 2. The van der Waals surface area contributed by atoms with Gasteiger partial charge in [-0.2, -0.15) is 0 Å². The normalized spacial score (nSPS) is 15.4. The van der Waals surface area contributed by atoms with Crippen LogP contribution in [0.2, 0.25) is 0 Å². The number of carboxylic acid groups (broad SMARTS) is 1. The Bertz CT molecular complexity index is 1020. The molecule has 142 valence electrons. The Hall–Kier alpha value is -3.41. The van der Waals surface area contributed by atoms with E-state index in [1.165, 1.54) is 30.6 Å². The summed E-state index contributed by atoms with van der Waals surface area (Å²) in [4.78, 5) is 15.4. The topological polar surface area (TPSA) is 71.5 Å². The van der Waals surface area contributed by atoms with E-state index in [9.17, 15) is 14.3 Å². The second-order valence-corrected chi connectivity index (χ2v) is 6.70. The van der Waals surface area contributed by atoms with Crippen molar-refractivity contribution in [2.75, 3.05) is 18.5 Å². The van der Waals surface area contributed by atoms with Crippen LogP contribution >= 0.6 is 0 Å². The Morgan fingerprint density at radius 2 is 2.07 bits per heavy atom. The molecule has 0 radical (unpaired) electrons. The van der Waals surface area contributed by atoms with Gasteiger partial charge >= 0.3 is 5.97 Å². The molecule has 1 aliphatic rings. The smallest absolute Gasteiger partial charge is 0.337 e. The first-order chi connectivity index (χ1) is 13.6. The van der Waals surface area contributed by atoms with Crippen molar-refractivity contribution in [3.63, 3.8) is 0 Å². The van der Waals surface area contributed by atoms with Gasteiger partial charge in [-0.1, -0.05) is 24.3 Å². The molecule has 1 aromatic heterocycles. The molecular weight excluding hydrogens is 359 g/mol. The Morgan fingerprint density at radius 1 is 1.21 bits per heavy atom. The summed E-state index contributed by atoms with van der Waals surface area (Å²) in [6.45, 7) is 1.15. The number of rotatable bonds is 5. The van der Waals surface area contributed by atoms with E-state index >= 15 is 0 Å². The lowest BCUT2D eigenvalue weighted by molar-refractivity contribution is 0.0697. The van der Waals surface area contributed by atoms with E-state index in [-0.39, 0.29) is 17.3 Å². The number of hydrogen-bond donors (Lipinski definition) is 2. The van der Waals surface area contributed by atoms with Crippen LogP contribution in [-0.4, -0.2) is 29.2 Å². The molecule has 0 aliphatic carbocycles. The van der Waals surface area contributed by atoms with Gasteiger partial charge in [0.25, 0.3) is 0 Å². The van der Waals surface area contributed by atoms with Gasteiger partial charge in [0.05, 0.1) is 24.1 Å². The van der Waals surface area contributed by atoms with E-state index < -0.39 is 5.97 Å². The SMILES string of the molecule is O=C(O)c1ccncc1NCC1CCOc2cc(-c3cccc(F)c3)ccc21. The summed E-state index contributed by atoms with van der Waals surface area (Å²) in [7, 11) is 0. The van der Waals surface area contributed by atoms with Crippen molar-refractivity contribution >= 4 is 11.7 Å². The van der Waals surface area contributed by atoms with Gasteiger partial charge in [0.1, 0.15) is 11.6 Å². The first-order valence-corrected chi connectivity index (χ1v) is 9.05. The van der Waals surface area contributed by atoms with Crippen molar-refractivity contribution < 1.29 is 19.0 Å². The number of pyridine rings is 1. The van der Waals surface area contributed by atoms with Gasteiger partial charge in [-0.3, -0.25) is 4.98 Å². The molecule has 2 aromatic carbocycles. The van der Waals surface area contributed by atoms with Crippen molar-refractivity contribution in [3.8, 4) is 16.9 Å². The van der Waals surface area contributed by atoms with Crippen molar-refractivity contribution in [2.45, 2.75) is 12.3 Å². The van der Waals surface area contributed by atoms with Crippen LogP contribution in [0.25, 0.3) is 11.1 Å². The van der Waals surface area contributed by atoms with E-state index in [1.807, 2.05) is 24.3 Å². The number of carboxylic acids is 1. The number of ether oxygens (including phenoxy) is 1. The molecule has 2 heterocycles. The van der Waals surface area contributed by atoms with Crippen molar-refractivity contribution in [3.05, 3.63) is 77.9 Å². The van der Waals surface area contributed by atoms with Crippen LogP contribution in [0, 0.1) is 5.82 Å². The van der Waals surface area contributed by atoms with E-state index in [0.717, 1.165) is 28.9 Å². The molecule has 1 atom stereocenters. The number of halogens is 1. The van der Waals surface area contributed by atoms with Gasteiger partial charge in [0.15, 0.2) is 0 Å². The van der Waals surface area contributed by atoms with Gasteiger partial charge in [0, 0.05) is 18.7 Å². The maximum atomic E-state index is 13.5.